The van der Waals surface area contributed by atoms with Gasteiger partial charge < -0.3 is 9.72 Å². The van der Waals surface area contributed by atoms with Gasteiger partial charge in [0, 0.05) is 12.7 Å². The molecule has 0 aromatic carbocycles. The molecule has 0 unspecified atom stereocenters. The van der Waals surface area contributed by atoms with Gasteiger partial charge in [0.15, 0.2) is 0 Å². The fourth-order valence-corrected chi connectivity index (χ4v) is 3.12. The molecule has 2 rings (SSSR count). The van der Waals surface area contributed by atoms with Gasteiger partial charge in [-0.25, -0.2) is 4.98 Å². The van der Waals surface area contributed by atoms with E-state index < -0.39 is 0 Å². The molecule has 0 amide bonds. The molecule has 2 heterocycles. The van der Waals surface area contributed by atoms with Crippen molar-refractivity contribution in [1.29, 1.82) is 0 Å². The van der Waals surface area contributed by atoms with Crippen LogP contribution in [0.1, 0.15) is 38.8 Å². The van der Waals surface area contributed by atoms with Crippen LogP contribution in [0.3, 0.4) is 0 Å². The maximum absolute atomic E-state index is 4.75. The van der Waals surface area contributed by atoms with E-state index in [1.54, 1.807) is 0 Å². The molecule has 0 saturated heterocycles. The second-order valence-electron chi connectivity index (χ2n) is 4.67. The average molecular weight is 277 g/mol. The van der Waals surface area contributed by atoms with Crippen LogP contribution in [0.2, 0.25) is 0 Å². The zero-order valence-corrected chi connectivity index (χ0v) is 12.7. The molecule has 0 atom stereocenters. The predicted octanol–water partition coefficient (Wildman–Crippen LogP) is 3.73. The molecule has 0 fully saturated rings. The maximum Gasteiger partial charge on any atom is 0.138 e. The quantitative estimate of drug-likeness (QED) is 0.589. The number of unbranched alkanes of at least 4 members (excludes halogenated alkanes) is 1. The Morgan fingerprint density at radius 3 is 2.95 bits per heavy atom. The highest BCUT2D eigenvalue weighted by atomic mass is 32.2. The topological polar surface area (TPSA) is 29.3 Å². The predicted molar refractivity (Wildman–Crippen MR) is 82.8 cm³/mol. The van der Waals surface area contributed by atoms with E-state index in [-0.39, 0.29) is 0 Å². The van der Waals surface area contributed by atoms with Crippen LogP contribution in [0.4, 0.5) is 0 Å². The van der Waals surface area contributed by atoms with Crippen LogP contribution in [-0.2, 0) is 6.54 Å². The Morgan fingerprint density at radius 1 is 1.26 bits per heavy atom. The Labute approximate surface area is 119 Å². The Kier molecular flexibility index (Phi) is 5.73. The number of nitrogens with one attached hydrogen (secondary N) is 1. The van der Waals surface area contributed by atoms with Gasteiger partial charge in [-0.05, 0) is 37.3 Å². The van der Waals surface area contributed by atoms with Crippen LogP contribution in [0, 0.1) is 0 Å². The number of pyridine rings is 1. The lowest BCUT2D eigenvalue weighted by atomic mass is 10.4. The molecule has 0 aliphatic heterocycles. The Hall–Kier alpha value is -1.00. The van der Waals surface area contributed by atoms with E-state index in [1.165, 1.54) is 23.6 Å². The fraction of sp³-hybridized carbons (Fsp3) is 0.533. The summed E-state index contributed by atoms with van der Waals surface area (Å²) in [4.78, 5) is 4.75. The summed E-state index contributed by atoms with van der Waals surface area (Å²) < 4.78 is 2.21. The molecular weight excluding hydrogens is 254 g/mol. The second-order valence-corrected chi connectivity index (χ2v) is 5.75. The van der Waals surface area contributed by atoms with Gasteiger partial charge in [-0.3, -0.25) is 0 Å². The van der Waals surface area contributed by atoms with Crippen LogP contribution >= 0.6 is 11.8 Å². The van der Waals surface area contributed by atoms with Gasteiger partial charge in [-0.15, -0.1) is 11.8 Å². The molecule has 0 spiro atoms. The summed E-state index contributed by atoms with van der Waals surface area (Å²) in [5.41, 5.74) is 2.35. The first kappa shape index (κ1) is 14.4. The van der Waals surface area contributed by atoms with Gasteiger partial charge >= 0.3 is 0 Å². The molecule has 2 aromatic heterocycles. The van der Waals surface area contributed by atoms with Crippen molar-refractivity contribution in [2.24, 2.45) is 0 Å². The lowest BCUT2D eigenvalue weighted by molar-refractivity contribution is 0.652. The minimum atomic E-state index is 0.896. The third-order valence-electron chi connectivity index (χ3n) is 3.05. The molecule has 0 saturated carbocycles. The first-order valence-electron chi connectivity index (χ1n) is 7.16. The fourth-order valence-electron chi connectivity index (χ4n) is 2.00. The minimum Gasteiger partial charge on any atom is -0.311 e. The van der Waals surface area contributed by atoms with Crippen molar-refractivity contribution in [3.63, 3.8) is 0 Å². The summed E-state index contributed by atoms with van der Waals surface area (Å²) >= 11 is 1.88. The van der Waals surface area contributed by atoms with E-state index >= 15 is 0 Å². The number of rotatable bonds is 8. The van der Waals surface area contributed by atoms with Crippen LogP contribution in [0.5, 0.6) is 0 Å². The number of aromatic nitrogens is 2. The lowest BCUT2D eigenvalue weighted by Gasteiger charge is -2.06. The highest BCUT2D eigenvalue weighted by Crippen LogP contribution is 2.24. The van der Waals surface area contributed by atoms with Crippen molar-refractivity contribution < 1.29 is 0 Å². The molecule has 4 heteroatoms. The van der Waals surface area contributed by atoms with E-state index in [0.29, 0.717) is 0 Å². The molecule has 1 N–H and O–H groups in total. The lowest BCUT2D eigenvalue weighted by Crippen LogP contribution is -2.15. The summed E-state index contributed by atoms with van der Waals surface area (Å²) in [6.07, 6.45) is 5.76. The molecule has 3 nitrogen and oxygen atoms in total. The van der Waals surface area contributed by atoms with E-state index in [1.807, 2.05) is 17.8 Å². The van der Waals surface area contributed by atoms with Crippen LogP contribution < -0.4 is 5.32 Å². The Balaban J connectivity index is 2.18. The van der Waals surface area contributed by atoms with Crippen molar-refractivity contribution in [2.75, 3.05) is 12.3 Å². The number of thioether (sulfide) groups is 1. The Morgan fingerprint density at radius 2 is 2.16 bits per heavy atom. The third-order valence-corrected chi connectivity index (χ3v) is 4.14. The van der Waals surface area contributed by atoms with Crippen molar-refractivity contribution in [1.82, 2.24) is 14.7 Å². The normalized spacial score (nSPS) is 11.3. The molecule has 0 bridgehead atoms. The van der Waals surface area contributed by atoms with Crippen LogP contribution in [0.15, 0.2) is 29.4 Å². The zero-order chi connectivity index (χ0) is 13.5. The number of nitrogens with zero attached hydrogens (tertiary/aromatic N) is 2. The first-order chi connectivity index (χ1) is 9.36. The largest absolute Gasteiger partial charge is 0.311 e. The summed E-state index contributed by atoms with van der Waals surface area (Å²) in [6, 6.07) is 6.19. The Bertz CT molecular complexity index is 507. The van der Waals surface area contributed by atoms with Crippen LogP contribution in [0.25, 0.3) is 5.65 Å². The minimum absolute atomic E-state index is 0.896. The number of hydrogen-bond acceptors (Lipinski definition) is 3. The molecule has 0 aliphatic carbocycles. The smallest absolute Gasteiger partial charge is 0.138 e. The van der Waals surface area contributed by atoms with Crippen molar-refractivity contribution in [2.45, 2.75) is 44.7 Å². The van der Waals surface area contributed by atoms with E-state index in [4.69, 9.17) is 4.98 Å². The number of hydrogen-bond donors (Lipinski definition) is 1. The molecule has 2 aromatic rings. The highest BCUT2D eigenvalue weighted by molar-refractivity contribution is 7.99. The summed E-state index contributed by atoms with van der Waals surface area (Å²) in [5, 5.41) is 4.67. The van der Waals surface area contributed by atoms with Crippen LogP contribution in [-0.4, -0.2) is 21.7 Å². The molecule has 104 valence electrons. The van der Waals surface area contributed by atoms with Crippen molar-refractivity contribution >= 4 is 17.4 Å². The van der Waals surface area contributed by atoms with Gasteiger partial charge in [0.2, 0.25) is 0 Å². The molecule has 0 radical (unpaired) electrons. The van der Waals surface area contributed by atoms with E-state index in [2.05, 4.69) is 41.9 Å². The van der Waals surface area contributed by atoms with E-state index in [9.17, 15) is 0 Å². The van der Waals surface area contributed by atoms with Gasteiger partial charge in [0.05, 0.1) is 5.69 Å². The highest BCUT2D eigenvalue weighted by Gasteiger charge is 2.11. The third kappa shape index (κ3) is 3.74. The molecule has 19 heavy (non-hydrogen) atoms. The standard InChI is InChI=1S/C15H23N3S/c1-3-5-11-19-15-13(12-16-9-4-2)18-10-7-6-8-14(18)17-15/h6-8,10,16H,3-5,9,11-12H2,1-2H3. The first-order valence-corrected chi connectivity index (χ1v) is 8.14. The molecule has 0 aliphatic rings. The van der Waals surface area contributed by atoms with Gasteiger partial charge in [-0.1, -0.05) is 26.3 Å². The van der Waals surface area contributed by atoms with E-state index in [0.717, 1.165) is 30.9 Å². The van der Waals surface area contributed by atoms with Crippen molar-refractivity contribution in [3.8, 4) is 0 Å². The van der Waals surface area contributed by atoms with Crippen molar-refractivity contribution in [3.05, 3.63) is 30.1 Å². The number of fused-ring (bicyclic) bond motifs is 1. The average Bonchev–Trinajstić information content (AvgIpc) is 2.78. The summed E-state index contributed by atoms with van der Waals surface area (Å²) in [5.74, 6) is 1.15. The van der Waals surface area contributed by atoms with Gasteiger partial charge in [0.25, 0.3) is 0 Å². The zero-order valence-electron chi connectivity index (χ0n) is 11.9. The second kappa shape index (κ2) is 7.56. The molecular formula is C15H23N3S. The van der Waals surface area contributed by atoms with Gasteiger partial charge in [0.1, 0.15) is 10.7 Å². The SMILES string of the molecule is CCCCSc1nc2ccccn2c1CNCCC. The van der Waals surface area contributed by atoms with Gasteiger partial charge in [-0.2, -0.15) is 0 Å². The summed E-state index contributed by atoms with van der Waals surface area (Å²) in [7, 11) is 0. The monoisotopic (exact) mass is 277 g/mol. The number of imidazole rings is 1. The summed E-state index contributed by atoms with van der Waals surface area (Å²) in [6.45, 7) is 6.37. The maximum atomic E-state index is 4.75.